The molecule has 0 saturated carbocycles. The third kappa shape index (κ3) is 16.9. The van der Waals surface area contributed by atoms with Crippen molar-refractivity contribution in [2.24, 2.45) is 0 Å². The second kappa shape index (κ2) is 16.2. The van der Waals surface area contributed by atoms with E-state index in [4.69, 9.17) is 5.11 Å². The number of nitrogens with one attached hydrogen (secondary N) is 1. The number of hydrogen-bond donors (Lipinski definition) is 2. The van der Waals surface area contributed by atoms with Crippen LogP contribution in [-0.2, 0) is 0 Å². The lowest BCUT2D eigenvalue weighted by atomic mass is 10.1. The summed E-state index contributed by atoms with van der Waals surface area (Å²) in [4.78, 5) is 10.4. The molecule has 0 aliphatic carbocycles. The summed E-state index contributed by atoms with van der Waals surface area (Å²) in [7, 11) is 0. The number of carboxylic acid groups (broad SMARTS) is 1. The lowest BCUT2D eigenvalue weighted by Crippen LogP contribution is -2.30. The number of rotatable bonds is 13. The van der Waals surface area contributed by atoms with Crippen molar-refractivity contribution in [1.29, 1.82) is 0 Å². The summed E-state index contributed by atoms with van der Waals surface area (Å²) < 4.78 is 0. The van der Waals surface area contributed by atoms with Gasteiger partial charge in [0.2, 0.25) is 0 Å². The third-order valence-electron chi connectivity index (χ3n) is 3.81. The molecule has 0 spiro atoms. The highest BCUT2D eigenvalue weighted by molar-refractivity contribution is 5.64. The molecule has 1 atom stereocenters. The summed E-state index contributed by atoms with van der Waals surface area (Å²) in [6, 6.07) is -0.0812. The number of amides is 1. The van der Waals surface area contributed by atoms with Gasteiger partial charge in [0.05, 0.1) is 0 Å². The molecule has 2 N–H and O–H groups in total. The maximum Gasteiger partial charge on any atom is 0.404 e. The largest absolute Gasteiger partial charge is 0.465 e. The molecule has 0 aliphatic rings. The molecule has 1 amide bonds. The maximum atomic E-state index is 10.4. The van der Waals surface area contributed by atoms with Crippen molar-refractivity contribution in [3.05, 3.63) is 0 Å². The molecule has 0 heterocycles. The minimum absolute atomic E-state index is 0.0812. The van der Waals surface area contributed by atoms with Gasteiger partial charge in [-0.15, -0.1) is 11.8 Å². The number of carbonyl (C=O) groups is 1. The summed E-state index contributed by atoms with van der Waals surface area (Å²) in [5, 5.41) is 10.9. The van der Waals surface area contributed by atoms with Gasteiger partial charge in [-0.3, -0.25) is 0 Å². The first kappa shape index (κ1) is 20.8. The Bertz CT molecular complexity index is 317. The minimum Gasteiger partial charge on any atom is -0.465 e. The highest BCUT2D eigenvalue weighted by atomic mass is 16.4. The van der Waals surface area contributed by atoms with Crippen molar-refractivity contribution < 1.29 is 9.90 Å². The van der Waals surface area contributed by atoms with Gasteiger partial charge in [0.15, 0.2) is 0 Å². The van der Waals surface area contributed by atoms with Gasteiger partial charge in [-0.1, -0.05) is 71.1 Å². The van der Waals surface area contributed by atoms with Crippen molar-refractivity contribution in [3.8, 4) is 11.8 Å². The first-order valence-electron chi connectivity index (χ1n) is 9.12. The van der Waals surface area contributed by atoms with E-state index in [0.717, 1.165) is 6.42 Å². The molecule has 0 fully saturated rings. The molecule has 3 heteroatoms. The van der Waals surface area contributed by atoms with Gasteiger partial charge in [-0.25, -0.2) is 4.79 Å². The molecule has 0 rings (SSSR count). The maximum absolute atomic E-state index is 10.4. The average molecular weight is 309 g/mol. The Labute approximate surface area is 137 Å². The van der Waals surface area contributed by atoms with Crippen molar-refractivity contribution in [3.63, 3.8) is 0 Å². The Hall–Kier alpha value is -1.17. The minimum atomic E-state index is -0.973. The molecule has 0 radical (unpaired) electrons. The van der Waals surface area contributed by atoms with E-state index in [0.29, 0.717) is 6.42 Å². The molecular formula is C19H35NO2. The lowest BCUT2D eigenvalue weighted by molar-refractivity contribution is 0.191. The zero-order chi connectivity index (χ0) is 16.5. The summed E-state index contributed by atoms with van der Waals surface area (Å²) in [5.41, 5.74) is 0. The normalized spacial score (nSPS) is 11.5. The van der Waals surface area contributed by atoms with Gasteiger partial charge in [0, 0.05) is 18.9 Å². The highest BCUT2D eigenvalue weighted by Crippen LogP contribution is 2.11. The first-order chi connectivity index (χ1) is 10.7. The molecule has 0 bridgehead atoms. The predicted molar refractivity (Wildman–Crippen MR) is 94.1 cm³/mol. The molecule has 0 aromatic heterocycles. The van der Waals surface area contributed by atoms with Gasteiger partial charge in [0.1, 0.15) is 0 Å². The molecule has 0 aromatic carbocycles. The molecule has 0 aromatic rings. The summed E-state index contributed by atoms with van der Waals surface area (Å²) in [6.45, 7) is 4.10. The van der Waals surface area contributed by atoms with Gasteiger partial charge in [-0.2, -0.15) is 0 Å². The molecule has 0 aliphatic heterocycles. The van der Waals surface area contributed by atoms with E-state index in [1.807, 2.05) is 6.92 Å². The van der Waals surface area contributed by atoms with Crippen molar-refractivity contribution >= 4 is 6.09 Å². The first-order valence-corrected chi connectivity index (χ1v) is 9.12. The quantitative estimate of drug-likeness (QED) is 0.337. The van der Waals surface area contributed by atoms with Crippen LogP contribution < -0.4 is 5.32 Å². The van der Waals surface area contributed by atoms with Crippen LogP contribution in [0.5, 0.6) is 0 Å². The van der Waals surface area contributed by atoms with Crippen LogP contribution in [0.3, 0.4) is 0 Å². The van der Waals surface area contributed by atoms with Crippen LogP contribution in [0.1, 0.15) is 97.3 Å². The van der Waals surface area contributed by atoms with Crippen LogP contribution in [-0.4, -0.2) is 17.2 Å². The van der Waals surface area contributed by atoms with Gasteiger partial charge in [0.25, 0.3) is 0 Å². The van der Waals surface area contributed by atoms with Gasteiger partial charge >= 0.3 is 6.09 Å². The smallest absolute Gasteiger partial charge is 0.404 e. The van der Waals surface area contributed by atoms with Crippen molar-refractivity contribution in [2.75, 3.05) is 0 Å². The Morgan fingerprint density at radius 2 is 1.41 bits per heavy atom. The fourth-order valence-corrected chi connectivity index (χ4v) is 2.45. The van der Waals surface area contributed by atoms with Crippen molar-refractivity contribution in [1.82, 2.24) is 5.32 Å². The van der Waals surface area contributed by atoms with Crippen LogP contribution in [0.15, 0.2) is 0 Å². The molecule has 128 valence electrons. The molecule has 0 saturated heterocycles. The SMILES string of the molecule is CCCCCCCCCCCCCC#CCC(C)NC(=O)O. The third-order valence-corrected chi connectivity index (χ3v) is 3.81. The fourth-order valence-electron chi connectivity index (χ4n) is 2.45. The van der Waals surface area contributed by atoms with Gasteiger partial charge in [-0.05, 0) is 13.3 Å². The van der Waals surface area contributed by atoms with Crippen LogP contribution in [0.4, 0.5) is 4.79 Å². The van der Waals surface area contributed by atoms with Crippen LogP contribution >= 0.6 is 0 Å². The summed E-state index contributed by atoms with van der Waals surface area (Å²) in [5.74, 6) is 6.19. The number of hydrogen-bond acceptors (Lipinski definition) is 1. The summed E-state index contributed by atoms with van der Waals surface area (Å²) >= 11 is 0. The molecule has 3 nitrogen and oxygen atoms in total. The Balaban J connectivity index is 3.22. The monoisotopic (exact) mass is 309 g/mol. The number of unbranched alkanes of at least 4 members (excludes halogenated alkanes) is 11. The Kier molecular flexibility index (Phi) is 15.3. The second-order valence-electron chi connectivity index (χ2n) is 6.19. The zero-order valence-corrected chi connectivity index (χ0v) is 14.6. The van der Waals surface area contributed by atoms with Crippen molar-refractivity contribution in [2.45, 2.75) is 103 Å². The Morgan fingerprint density at radius 3 is 1.91 bits per heavy atom. The average Bonchev–Trinajstić information content (AvgIpc) is 2.47. The van der Waals surface area contributed by atoms with Crippen LogP contribution in [0.25, 0.3) is 0 Å². The van der Waals surface area contributed by atoms with E-state index < -0.39 is 6.09 Å². The van der Waals surface area contributed by atoms with E-state index in [1.54, 1.807) is 0 Å². The molecule has 1 unspecified atom stereocenters. The topological polar surface area (TPSA) is 49.3 Å². The van der Waals surface area contributed by atoms with Crippen LogP contribution in [0.2, 0.25) is 0 Å². The second-order valence-corrected chi connectivity index (χ2v) is 6.19. The molecular weight excluding hydrogens is 274 g/mol. The zero-order valence-electron chi connectivity index (χ0n) is 14.6. The lowest BCUT2D eigenvalue weighted by Gasteiger charge is -2.05. The fraction of sp³-hybridized carbons (Fsp3) is 0.842. The highest BCUT2D eigenvalue weighted by Gasteiger charge is 2.01. The standard InChI is InChI=1S/C19H35NO2/c1-3-4-5-6-7-8-9-10-11-12-13-14-15-16-17-18(2)20-19(21)22/h18,20H,3-14,17H2,1-2H3,(H,21,22). The van der Waals surface area contributed by atoms with E-state index in [1.165, 1.54) is 70.6 Å². The van der Waals surface area contributed by atoms with E-state index in [-0.39, 0.29) is 6.04 Å². The van der Waals surface area contributed by atoms with E-state index in [9.17, 15) is 4.79 Å². The Morgan fingerprint density at radius 1 is 0.909 bits per heavy atom. The predicted octanol–water partition coefficient (Wildman–Crippen LogP) is 5.74. The van der Waals surface area contributed by atoms with E-state index >= 15 is 0 Å². The van der Waals surface area contributed by atoms with Crippen LogP contribution in [0, 0.1) is 11.8 Å². The van der Waals surface area contributed by atoms with E-state index in [2.05, 4.69) is 24.1 Å². The molecule has 22 heavy (non-hydrogen) atoms. The van der Waals surface area contributed by atoms with Gasteiger partial charge < -0.3 is 10.4 Å². The summed E-state index contributed by atoms with van der Waals surface area (Å²) in [6.07, 6.45) is 15.5.